The van der Waals surface area contributed by atoms with Crippen molar-refractivity contribution in [1.82, 2.24) is 4.90 Å². The summed E-state index contributed by atoms with van der Waals surface area (Å²) < 4.78 is 11.5. The predicted octanol–water partition coefficient (Wildman–Crippen LogP) is 5.50. The van der Waals surface area contributed by atoms with Crippen LogP contribution in [0.5, 0.6) is 0 Å². The van der Waals surface area contributed by atoms with E-state index in [0.29, 0.717) is 25.4 Å². The van der Waals surface area contributed by atoms with Gasteiger partial charge in [0.1, 0.15) is 6.61 Å². The fourth-order valence-electron chi connectivity index (χ4n) is 7.15. The highest BCUT2D eigenvalue weighted by Crippen LogP contribution is 2.46. The van der Waals surface area contributed by atoms with Gasteiger partial charge in [-0.05, 0) is 79.5 Å². The van der Waals surface area contributed by atoms with Crippen molar-refractivity contribution in [3.05, 3.63) is 59.7 Å². The summed E-state index contributed by atoms with van der Waals surface area (Å²) in [5, 5.41) is 11.5. The molecule has 3 fully saturated rings. The zero-order chi connectivity index (χ0) is 23.1. The summed E-state index contributed by atoms with van der Waals surface area (Å²) in [6.07, 6.45) is 7.08. The molecular formula is C29H35NO4. The molecule has 0 radical (unpaired) electrons. The molecule has 6 rings (SSSR count). The van der Waals surface area contributed by atoms with E-state index in [9.17, 15) is 9.90 Å². The minimum Gasteiger partial charge on any atom is -0.448 e. The molecule has 0 saturated carbocycles. The molecule has 2 aromatic rings. The predicted molar refractivity (Wildman–Crippen MR) is 131 cm³/mol. The number of carbonyl (C=O) groups is 1. The first-order valence-corrected chi connectivity index (χ1v) is 13.0. The molecule has 0 spiro atoms. The summed E-state index contributed by atoms with van der Waals surface area (Å²) in [6, 6.07) is 17.0. The summed E-state index contributed by atoms with van der Waals surface area (Å²) >= 11 is 0. The van der Waals surface area contributed by atoms with Gasteiger partial charge >= 0.3 is 6.09 Å². The van der Waals surface area contributed by atoms with Gasteiger partial charge in [-0.15, -0.1) is 0 Å². The highest BCUT2D eigenvalue weighted by molar-refractivity contribution is 5.79. The lowest BCUT2D eigenvalue weighted by Crippen LogP contribution is -2.60. The van der Waals surface area contributed by atoms with Gasteiger partial charge in [0.25, 0.3) is 0 Å². The number of rotatable bonds is 4. The Morgan fingerprint density at radius 3 is 2.15 bits per heavy atom. The second-order valence-corrected chi connectivity index (χ2v) is 10.8. The summed E-state index contributed by atoms with van der Waals surface area (Å²) in [7, 11) is 0. The molecule has 1 N–H and O–H groups in total. The van der Waals surface area contributed by atoms with Crippen molar-refractivity contribution in [1.29, 1.82) is 0 Å². The van der Waals surface area contributed by atoms with Crippen molar-refractivity contribution < 1.29 is 19.4 Å². The Kier molecular flexibility index (Phi) is 5.86. The number of hydrogen-bond acceptors (Lipinski definition) is 4. The molecule has 5 heteroatoms. The normalized spacial score (nSPS) is 28.9. The van der Waals surface area contributed by atoms with Crippen molar-refractivity contribution in [2.24, 2.45) is 5.92 Å². The molecule has 2 unspecified atom stereocenters. The topological polar surface area (TPSA) is 59.0 Å². The van der Waals surface area contributed by atoms with E-state index in [0.717, 1.165) is 51.7 Å². The third-order valence-electron chi connectivity index (χ3n) is 8.65. The first-order valence-electron chi connectivity index (χ1n) is 13.0. The lowest BCUT2D eigenvalue weighted by atomic mass is 9.71. The molecule has 5 nitrogen and oxygen atoms in total. The molecule has 0 aromatic heterocycles. The maximum Gasteiger partial charge on any atom is 0.410 e. The van der Waals surface area contributed by atoms with E-state index in [1.165, 1.54) is 22.3 Å². The molecule has 4 aliphatic rings. The Balaban J connectivity index is 1.15. The summed E-state index contributed by atoms with van der Waals surface area (Å²) in [6.45, 7) is 1.97. The van der Waals surface area contributed by atoms with Crippen LogP contribution in [0.3, 0.4) is 0 Å². The number of amides is 1. The van der Waals surface area contributed by atoms with Crippen LogP contribution in [-0.2, 0) is 9.47 Å². The maximum absolute atomic E-state index is 13.4. The zero-order valence-electron chi connectivity index (χ0n) is 19.8. The maximum atomic E-state index is 13.4. The highest BCUT2D eigenvalue weighted by Gasteiger charge is 2.48. The number of fused-ring (bicyclic) bond motifs is 5. The van der Waals surface area contributed by atoms with Gasteiger partial charge in [0, 0.05) is 31.2 Å². The van der Waals surface area contributed by atoms with Gasteiger partial charge in [-0.2, -0.15) is 0 Å². The number of piperidine rings is 2. The Hall–Kier alpha value is -2.37. The monoisotopic (exact) mass is 461 g/mol. The van der Waals surface area contributed by atoms with Crippen molar-refractivity contribution >= 4 is 6.09 Å². The first-order chi connectivity index (χ1) is 16.6. The SMILES string of the molecule is O=C(OCC1c2ccccc2-c2ccccc21)N1C2CCCC1CC(O)(CC1CCOCC1)C2. The Morgan fingerprint density at radius 2 is 1.53 bits per heavy atom. The molecule has 180 valence electrons. The third-order valence-corrected chi connectivity index (χ3v) is 8.65. The lowest BCUT2D eigenvalue weighted by Gasteiger charge is -2.52. The molecule has 2 bridgehead atoms. The van der Waals surface area contributed by atoms with Gasteiger partial charge in [0.15, 0.2) is 0 Å². The van der Waals surface area contributed by atoms with Crippen LogP contribution in [0.4, 0.5) is 4.79 Å². The van der Waals surface area contributed by atoms with Crippen LogP contribution in [0.15, 0.2) is 48.5 Å². The Morgan fingerprint density at radius 1 is 0.941 bits per heavy atom. The average Bonchev–Trinajstić information content (AvgIpc) is 3.16. The molecule has 2 aromatic carbocycles. The van der Waals surface area contributed by atoms with Gasteiger partial charge in [-0.3, -0.25) is 0 Å². The standard InChI is InChI=1S/C29H35NO4/c31-28(34-19-27-25-10-3-1-8-23(25)24-9-2-4-11-26(24)27)30-21-6-5-7-22(30)18-29(32,17-21)16-20-12-14-33-15-13-20/h1-4,8-11,20-22,27,32H,5-7,12-19H2. The summed E-state index contributed by atoms with van der Waals surface area (Å²) in [5.41, 5.74) is 4.29. The van der Waals surface area contributed by atoms with Gasteiger partial charge in [-0.1, -0.05) is 48.5 Å². The zero-order valence-corrected chi connectivity index (χ0v) is 19.8. The van der Waals surface area contributed by atoms with Crippen LogP contribution in [0.2, 0.25) is 0 Å². The fourth-order valence-corrected chi connectivity index (χ4v) is 7.15. The van der Waals surface area contributed by atoms with Crippen molar-refractivity contribution in [2.45, 2.75) is 75.0 Å². The minimum atomic E-state index is -0.669. The van der Waals surface area contributed by atoms with Crippen LogP contribution in [0.25, 0.3) is 11.1 Å². The van der Waals surface area contributed by atoms with Crippen LogP contribution in [0.1, 0.15) is 68.4 Å². The van der Waals surface area contributed by atoms with E-state index in [1.807, 2.05) is 4.90 Å². The molecule has 34 heavy (non-hydrogen) atoms. The van der Waals surface area contributed by atoms with Crippen LogP contribution >= 0.6 is 0 Å². The Bertz CT molecular complexity index is 986. The first kappa shape index (κ1) is 22.1. The number of aliphatic hydroxyl groups is 1. The van der Waals surface area contributed by atoms with E-state index >= 15 is 0 Å². The van der Waals surface area contributed by atoms with Crippen molar-refractivity contribution in [3.8, 4) is 11.1 Å². The minimum absolute atomic E-state index is 0.0754. The van der Waals surface area contributed by atoms with Crippen molar-refractivity contribution in [3.63, 3.8) is 0 Å². The molecule has 3 saturated heterocycles. The van der Waals surface area contributed by atoms with Crippen molar-refractivity contribution in [2.75, 3.05) is 19.8 Å². The second-order valence-electron chi connectivity index (χ2n) is 10.8. The molecule has 3 heterocycles. The van der Waals surface area contributed by atoms with Crippen LogP contribution in [-0.4, -0.2) is 53.6 Å². The van der Waals surface area contributed by atoms with E-state index in [2.05, 4.69) is 48.5 Å². The smallest absolute Gasteiger partial charge is 0.410 e. The third kappa shape index (κ3) is 4.03. The molecule has 3 aliphatic heterocycles. The second kappa shape index (κ2) is 9.01. The number of benzene rings is 2. The summed E-state index contributed by atoms with van der Waals surface area (Å²) in [5.74, 6) is 0.604. The molecule has 1 amide bonds. The van der Waals surface area contributed by atoms with E-state index in [4.69, 9.17) is 9.47 Å². The summed E-state index contributed by atoms with van der Waals surface area (Å²) in [4.78, 5) is 15.4. The number of nitrogens with zero attached hydrogens (tertiary/aromatic N) is 1. The largest absolute Gasteiger partial charge is 0.448 e. The number of ether oxygens (including phenoxy) is 2. The van der Waals surface area contributed by atoms with Crippen LogP contribution < -0.4 is 0 Å². The van der Waals surface area contributed by atoms with E-state index in [-0.39, 0.29) is 24.1 Å². The Labute approximate surface area is 202 Å². The van der Waals surface area contributed by atoms with Crippen LogP contribution in [0, 0.1) is 5.92 Å². The highest BCUT2D eigenvalue weighted by atomic mass is 16.6. The van der Waals surface area contributed by atoms with Gasteiger partial charge < -0.3 is 19.5 Å². The van der Waals surface area contributed by atoms with E-state index < -0.39 is 5.60 Å². The fraction of sp³-hybridized carbons (Fsp3) is 0.552. The molecular weight excluding hydrogens is 426 g/mol. The molecule has 1 aliphatic carbocycles. The van der Waals surface area contributed by atoms with Gasteiger partial charge in [-0.25, -0.2) is 4.79 Å². The molecule has 2 atom stereocenters. The van der Waals surface area contributed by atoms with E-state index in [1.54, 1.807) is 0 Å². The number of carbonyl (C=O) groups excluding carboxylic acids is 1. The lowest BCUT2D eigenvalue weighted by molar-refractivity contribution is -0.101. The quantitative estimate of drug-likeness (QED) is 0.653. The average molecular weight is 462 g/mol. The van der Waals surface area contributed by atoms with Gasteiger partial charge in [0.05, 0.1) is 5.60 Å². The van der Waals surface area contributed by atoms with Gasteiger partial charge in [0.2, 0.25) is 0 Å². The number of hydrogen-bond donors (Lipinski definition) is 1.